The smallest absolute Gasteiger partial charge is 0.293 e. The van der Waals surface area contributed by atoms with Crippen LogP contribution in [0.2, 0.25) is 0 Å². The van der Waals surface area contributed by atoms with Crippen LogP contribution in [0.1, 0.15) is 43.3 Å². The maximum atomic E-state index is 12.5. The number of thioether (sulfide) groups is 1. The highest BCUT2D eigenvalue weighted by atomic mass is 32.2. The van der Waals surface area contributed by atoms with E-state index in [4.69, 9.17) is 4.42 Å². The number of imide groups is 1. The fraction of sp³-hybridized carbons (Fsp3) is 0.250. The lowest BCUT2D eigenvalue weighted by Crippen LogP contribution is -2.36. The zero-order valence-corrected chi connectivity index (χ0v) is 15.6. The van der Waals surface area contributed by atoms with Gasteiger partial charge in [0.05, 0.1) is 4.91 Å². The summed E-state index contributed by atoms with van der Waals surface area (Å²) in [6.07, 6.45) is 2.30. The number of hydrogen-bond acceptors (Lipinski definition) is 5. The van der Waals surface area contributed by atoms with Gasteiger partial charge in [0, 0.05) is 23.2 Å². The van der Waals surface area contributed by atoms with E-state index < -0.39 is 0 Å². The molecule has 0 radical (unpaired) electrons. The summed E-state index contributed by atoms with van der Waals surface area (Å²) in [6, 6.07) is 10.6. The van der Waals surface area contributed by atoms with Crippen molar-refractivity contribution in [2.75, 3.05) is 0 Å². The van der Waals surface area contributed by atoms with Gasteiger partial charge < -0.3 is 4.42 Å². The normalized spacial score (nSPS) is 17.2. The molecule has 0 saturated carbocycles. The molecule has 1 aromatic carbocycles. The van der Waals surface area contributed by atoms with Gasteiger partial charge in [-0.3, -0.25) is 19.3 Å². The Labute approximate surface area is 156 Å². The molecule has 1 saturated heterocycles. The van der Waals surface area contributed by atoms with E-state index in [1.165, 1.54) is 11.8 Å². The van der Waals surface area contributed by atoms with Crippen LogP contribution in [0.3, 0.4) is 0 Å². The monoisotopic (exact) mass is 369 g/mol. The van der Waals surface area contributed by atoms with Crippen LogP contribution in [0.5, 0.6) is 0 Å². The predicted molar refractivity (Wildman–Crippen MR) is 102 cm³/mol. The second-order valence-corrected chi connectivity index (χ2v) is 7.14. The van der Waals surface area contributed by atoms with Gasteiger partial charge in [-0.1, -0.05) is 25.1 Å². The number of carbonyl (C=O) groups excluding carboxylic acids is 3. The number of hydrogen-bond donors (Lipinski definition) is 0. The van der Waals surface area contributed by atoms with Gasteiger partial charge in [-0.25, -0.2) is 0 Å². The molecule has 1 aliphatic heterocycles. The van der Waals surface area contributed by atoms with Gasteiger partial charge in [-0.2, -0.15) is 0 Å². The summed E-state index contributed by atoms with van der Waals surface area (Å²) < 4.78 is 5.79. The van der Waals surface area contributed by atoms with Crippen LogP contribution in [0.25, 0.3) is 17.4 Å². The molecule has 2 heterocycles. The average molecular weight is 369 g/mol. The van der Waals surface area contributed by atoms with Crippen molar-refractivity contribution in [1.29, 1.82) is 0 Å². The maximum absolute atomic E-state index is 12.5. The van der Waals surface area contributed by atoms with Gasteiger partial charge in [-0.05, 0) is 50.2 Å². The lowest BCUT2D eigenvalue weighted by atomic mass is 10.1. The zero-order chi connectivity index (χ0) is 18.8. The number of amides is 2. The van der Waals surface area contributed by atoms with E-state index in [0.29, 0.717) is 28.4 Å². The van der Waals surface area contributed by atoms with E-state index in [-0.39, 0.29) is 23.0 Å². The molecule has 0 bridgehead atoms. The van der Waals surface area contributed by atoms with Crippen molar-refractivity contribution < 1.29 is 18.8 Å². The largest absolute Gasteiger partial charge is 0.457 e. The molecule has 6 heteroatoms. The van der Waals surface area contributed by atoms with Crippen molar-refractivity contribution >= 4 is 34.8 Å². The van der Waals surface area contributed by atoms with Crippen LogP contribution < -0.4 is 0 Å². The van der Waals surface area contributed by atoms with Gasteiger partial charge in [0.2, 0.25) is 0 Å². The number of carbonyl (C=O) groups is 3. The Morgan fingerprint density at radius 2 is 2.04 bits per heavy atom. The van der Waals surface area contributed by atoms with Crippen molar-refractivity contribution in [3.05, 3.63) is 52.6 Å². The number of rotatable bonds is 5. The molecule has 2 amide bonds. The summed E-state index contributed by atoms with van der Waals surface area (Å²) in [5.74, 6) is 0.784. The molecule has 1 fully saturated rings. The topological polar surface area (TPSA) is 67.6 Å². The van der Waals surface area contributed by atoms with Crippen molar-refractivity contribution in [3.8, 4) is 11.3 Å². The summed E-state index contributed by atoms with van der Waals surface area (Å²) in [4.78, 5) is 37.7. The SMILES string of the molecule is CC[C@H](C)N1C(=O)S/C(=C/c2ccc(-c3cccc(C(C)=O)c3)o2)C1=O. The third kappa shape index (κ3) is 3.51. The molecule has 5 nitrogen and oxygen atoms in total. The maximum Gasteiger partial charge on any atom is 0.293 e. The summed E-state index contributed by atoms with van der Waals surface area (Å²) in [7, 11) is 0. The molecule has 1 aromatic heterocycles. The minimum atomic E-state index is -0.286. The quantitative estimate of drug-likeness (QED) is 0.549. The number of nitrogens with zero attached hydrogens (tertiary/aromatic N) is 1. The van der Waals surface area contributed by atoms with Crippen LogP contribution in [-0.4, -0.2) is 27.9 Å². The first kappa shape index (κ1) is 18.2. The minimum Gasteiger partial charge on any atom is -0.457 e. The lowest BCUT2D eigenvalue weighted by Gasteiger charge is -2.19. The Morgan fingerprint density at radius 1 is 1.27 bits per heavy atom. The molecule has 0 spiro atoms. The van der Waals surface area contributed by atoms with Crippen LogP contribution in [0.4, 0.5) is 4.79 Å². The summed E-state index contributed by atoms with van der Waals surface area (Å²) >= 11 is 0.926. The van der Waals surface area contributed by atoms with Gasteiger partial charge in [0.25, 0.3) is 11.1 Å². The second-order valence-electron chi connectivity index (χ2n) is 6.15. The van der Waals surface area contributed by atoms with E-state index in [2.05, 4.69) is 0 Å². The van der Waals surface area contributed by atoms with E-state index >= 15 is 0 Å². The fourth-order valence-electron chi connectivity index (χ4n) is 2.65. The van der Waals surface area contributed by atoms with Crippen LogP contribution >= 0.6 is 11.8 Å². The molecule has 26 heavy (non-hydrogen) atoms. The van der Waals surface area contributed by atoms with Gasteiger partial charge >= 0.3 is 0 Å². The Bertz CT molecular complexity index is 912. The van der Waals surface area contributed by atoms with E-state index in [0.717, 1.165) is 17.3 Å². The predicted octanol–water partition coefficient (Wildman–Crippen LogP) is 4.98. The van der Waals surface area contributed by atoms with Crippen LogP contribution in [-0.2, 0) is 4.79 Å². The molecule has 0 aliphatic carbocycles. The lowest BCUT2D eigenvalue weighted by molar-refractivity contribution is -0.124. The van der Waals surface area contributed by atoms with E-state index in [1.807, 2.05) is 19.9 Å². The van der Waals surface area contributed by atoms with Gasteiger partial charge in [0.15, 0.2) is 5.78 Å². The second kappa shape index (κ2) is 7.33. The number of ketones is 1. The van der Waals surface area contributed by atoms with Gasteiger partial charge in [0.1, 0.15) is 11.5 Å². The molecule has 0 unspecified atom stereocenters. The number of Topliss-reactive ketones (excluding diaryl/α,β-unsaturated/α-hetero) is 1. The van der Waals surface area contributed by atoms with Gasteiger partial charge in [-0.15, -0.1) is 0 Å². The Hall–Kier alpha value is -2.60. The first-order chi connectivity index (χ1) is 12.4. The highest BCUT2D eigenvalue weighted by Crippen LogP contribution is 2.35. The summed E-state index contributed by atoms with van der Waals surface area (Å²) in [6.45, 7) is 5.30. The Balaban J connectivity index is 1.86. The van der Waals surface area contributed by atoms with Crippen LogP contribution in [0.15, 0.2) is 45.7 Å². The van der Waals surface area contributed by atoms with Crippen molar-refractivity contribution in [1.82, 2.24) is 4.90 Å². The molecule has 1 aliphatic rings. The van der Waals surface area contributed by atoms with Crippen molar-refractivity contribution in [2.45, 2.75) is 33.2 Å². The highest BCUT2D eigenvalue weighted by molar-refractivity contribution is 8.18. The Kier molecular flexibility index (Phi) is 5.13. The van der Waals surface area contributed by atoms with Crippen LogP contribution in [0, 0.1) is 0 Å². The third-order valence-corrected chi connectivity index (χ3v) is 5.19. The molecular weight excluding hydrogens is 350 g/mol. The molecule has 0 N–H and O–H groups in total. The molecule has 134 valence electrons. The molecule has 2 aromatic rings. The zero-order valence-electron chi connectivity index (χ0n) is 14.8. The Morgan fingerprint density at radius 3 is 2.73 bits per heavy atom. The van der Waals surface area contributed by atoms with E-state index in [9.17, 15) is 14.4 Å². The first-order valence-electron chi connectivity index (χ1n) is 8.39. The highest BCUT2D eigenvalue weighted by Gasteiger charge is 2.37. The van der Waals surface area contributed by atoms with Crippen molar-refractivity contribution in [3.63, 3.8) is 0 Å². The molecular formula is C20H19NO4S. The van der Waals surface area contributed by atoms with Crippen molar-refractivity contribution in [2.24, 2.45) is 0 Å². The average Bonchev–Trinajstić information content (AvgIpc) is 3.19. The summed E-state index contributed by atoms with van der Waals surface area (Å²) in [5.41, 5.74) is 1.39. The number of furan rings is 1. The first-order valence-corrected chi connectivity index (χ1v) is 9.20. The standard InChI is InChI=1S/C20H19NO4S/c1-4-12(2)21-19(23)18(26-20(21)24)11-16-8-9-17(25-16)15-7-5-6-14(10-15)13(3)22/h5-12H,4H2,1-3H3/b18-11+/t12-/m0/s1. The minimum absolute atomic E-state index is 0.0163. The fourth-order valence-corrected chi connectivity index (χ4v) is 3.56. The molecule has 3 rings (SSSR count). The number of benzene rings is 1. The molecule has 1 atom stereocenters. The summed E-state index contributed by atoms with van der Waals surface area (Å²) in [5, 5.41) is -0.253. The van der Waals surface area contributed by atoms with E-state index in [1.54, 1.807) is 36.4 Å². The third-order valence-electron chi connectivity index (χ3n) is 4.31.